The number of hydrogen-bond donors (Lipinski definition) is 1. The van der Waals surface area contributed by atoms with Crippen LogP contribution in [0.5, 0.6) is 0 Å². The fourth-order valence-corrected chi connectivity index (χ4v) is 3.20. The maximum Gasteiger partial charge on any atom is 0.269 e. The van der Waals surface area contributed by atoms with E-state index in [1.54, 1.807) is 21.0 Å². The molecule has 0 saturated heterocycles. The average Bonchev–Trinajstić information content (AvgIpc) is 2.80. The first-order valence-electron chi connectivity index (χ1n) is 6.63. The van der Waals surface area contributed by atoms with Crippen LogP contribution in [0.25, 0.3) is 0 Å². The topological polar surface area (TPSA) is 107 Å². The van der Waals surface area contributed by atoms with Crippen LogP contribution in [0.2, 0.25) is 0 Å². The minimum atomic E-state index is -0.535. The van der Waals surface area contributed by atoms with Gasteiger partial charge in [0.2, 0.25) is 0 Å². The van der Waals surface area contributed by atoms with E-state index in [0.29, 0.717) is 10.4 Å². The number of benzene rings is 1. The Morgan fingerprint density at radius 3 is 2.26 bits per heavy atom. The molecule has 0 unspecified atom stereocenters. The zero-order valence-corrected chi connectivity index (χ0v) is 13.6. The van der Waals surface area contributed by atoms with Crippen molar-refractivity contribution in [2.24, 2.45) is 0 Å². The number of hydrogen-bond acceptors (Lipinski definition) is 6. The number of rotatable bonds is 4. The Labute approximate surface area is 136 Å². The lowest BCUT2D eigenvalue weighted by molar-refractivity contribution is -0.384. The van der Waals surface area contributed by atoms with E-state index in [0.717, 1.165) is 11.3 Å². The predicted octanol–water partition coefficient (Wildman–Crippen LogP) is 2.48. The van der Waals surface area contributed by atoms with Gasteiger partial charge in [0.1, 0.15) is 0 Å². The molecule has 0 radical (unpaired) electrons. The van der Waals surface area contributed by atoms with Crippen molar-refractivity contribution in [3.05, 3.63) is 55.9 Å². The molecule has 23 heavy (non-hydrogen) atoms. The molecule has 1 heterocycles. The van der Waals surface area contributed by atoms with Gasteiger partial charge >= 0.3 is 0 Å². The van der Waals surface area contributed by atoms with Crippen molar-refractivity contribution >= 4 is 33.7 Å². The van der Waals surface area contributed by atoms with Crippen LogP contribution in [0.15, 0.2) is 24.3 Å². The fraction of sp³-hybridized carbons (Fsp3) is 0.200. The predicted molar refractivity (Wildman–Crippen MR) is 88.0 cm³/mol. The first kappa shape index (κ1) is 16.6. The summed E-state index contributed by atoms with van der Waals surface area (Å²) in [6.07, 6.45) is 0. The smallest absolute Gasteiger partial charge is 0.269 e. The SMILES string of the molecule is Cc1c(C(=O)N(C)C)sc(N)c1C(=O)c1ccc([N+](=O)[O-])cc1. The highest BCUT2D eigenvalue weighted by Crippen LogP contribution is 2.33. The van der Waals surface area contributed by atoms with Crippen LogP contribution < -0.4 is 5.73 Å². The van der Waals surface area contributed by atoms with E-state index in [2.05, 4.69) is 0 Å². The Morgan fingerprint density at radius 2 is 1.78 bits per heavy atom. The van der Waals surface area contributed by atoms with Crippen molar-refractivity contribution < 1.29 is 14.5 Å². The zero-order valence-electron chi connectivity index (χ0n) is 12.8. The molecule has 0 spiro atoms. The molecule has 0 atom stereocenters. The first-order valence-corrected chi connectivity index (χ1v) is 7.45. The third-order valence-electron chi connectivity index (χ3n) is 3.34. The zero-order chi connectivity index (χ0) is 17.3. The van der Waals surface area contributed by atoms with E-state index in [1.807, 2.05) is 0 Å². The van der Waals surface area contributed by atoms with E-state index < -0.39 is 4.92 Å². The van der Waals surface area contributed by atoms with Gasteiger partial charge in [0.05, 0.1) is 20.4 Å². The van der Waals surface area contributed by atoms with E-state index in [1.165, 1.54) is 29.2 Å². The van der Waals surface area contributed by atoms with Gasteiger partial charge in [-0.15, -0.1) is 11.3 Å². The Balaban J connectivity index is 2.44. The number of nitro benzene ring substituents is 1. The van der Waals surface area contributed by atoms with E-state index in [-0.39, 0.29) is 33.5 Å². The van der Waals surface area contributed by atoms with E-state index in [4.69, 9.17) is 5.73 Å². The lowest BCUT2D eigenvalue weighted by Crippen LogP contribution is -2.21. The van der Waals surface area contributed by atoms with Crippen LogP contribution in [-0.2, 0) is 0 Å². The van der Waals surface area contributed by atoms with Gasteiger partial charge in [-0.3, -0.25) is 19.7 Å². The highest BCUT2D eigenvalue weighted by molar-refractivity contribution is 7.18. The van der Waals surface area contributed by atoms with Crippen LogP contribution in [0.1, 0.15) is 31.2 Å². The molecule has 2 aromatic rings. The van der Waals surface area contributed by atoms with Crippen LogP contribution in [-0.4, -0.2) is 35.6 Å². The molecule has 2 rings (SSSR count). The van der Waals surface area contributed by atoms with Crippen LogP contribution >= 0.6 is 11.3 Å². The van der Waals surface area contributed by atoms with E-state index >= 15 is 0 Å². The van der Waals surface area contributed by atoms with Gasteiger partial charge in [-0.1, -0.05) is 0 Å². The molecule has 0 fully saturated rings. The maximum atomic E-state index is 12.6. The van der Waals surface area contributed by atoms with Gasteiger partial charge < -0.3 is 10.6 Å². The quantitative estimate of drug-likeness (QED) is 0.525. The summed E-state index contributed by atoms with van der Waals surface area (Å²) in [6.45, 7) is 1.67. The van der Waals surface area contributed by atoms with Crippen LogP contribution in [0.4, 0.5) is 10.7 Å². The molecule has 0 aliphatic carbocycles. The fourth-order valence-electron chi connectivity index (χ4n) is 2.10. The Bertz CT molecular complexity index is 794. The second kappa shape index (κ2) is 6.17. The van der Waals surface area contributed by atoms with Crippen molar-refractivity contribution in [2.45, 2.75) is 6.92 Å². The Hall–Kier alpha value is -2.74. The summed E-state index contributed by atoms with van der Waals surface area (Å²) in [5.41, 5.74) is 6.90. The summed E-state index contributed by atoms with van der Waals surface area (Å²) in [5, 5.41) is 10.9. The van der Waals surface area contributed by atoms with Gasteiger partial charge in [-0.05, 0) is 24.6 Å². The Morgan fingerprint density at radius 1 is 1.22 bits per heavy atom. The molecule has 0 bridgehead atoms. The second-order valence-corrected chi connectivity index (χ2v) is 6.18. The summed E-state index contributed by atoms with van der Waals surface area (Å²) < 4.78 is 0. The van der Waals surface area contributed by atoms with Gasteiger partial charge in [-0.2, -0.15) is 0 Å². The molecule has 1 aromatic carbocycles. The lowest BCUT2D eigenvalue weighted by Gasteiger charge is -2.09. The molecular formula is C15H15N3O4S. The number of nitrogen functional groups attached to an aromatic ring is 1. The number of non-ortho nitro benzene ring substituents is 1. The number of thiophene rings is 1. The summed E-state index contributed by atoms with van der Waals surface area (Å²) in [7, 11) is 3.24. The van der Waals surface area contributed by atoms with Gasteiger partial charge in [-0.25, -0.2) is 0 Å². The number of nitrogens with two attached hydrogens (primary N) is 1. The molecular weight excluding hydrogens is 318 g/mol. The minimum absolute atomic E-state index is 0.0972. The third-order valence-corrected chi connectivity index (χ3v) is 4.45. The van der Waals surface area contributed by atoms with Gasteiger partial charge in [0, 0.05) is 31.8 Å². The summed E-state index contributed by atoms with van der Waals surface area (Å²) in [4.78, 5) is 36.7. The van der Waals surface area contributed by atoms with Gasteiger partial charge in [0.25, 0.3) is 11.6 Å². The van der Waals surface area contributed by atoms with Crippen LogP contribution in [0, 0.1) is 17.0 Å². The number of carbonyl (C=O) groups is 2. The van der Waals surface area contributed by atoms with Crippen molar-refractivity contribution in [3.8, 4) is 0 Å². The number of ketones is 1. The summed E-state index contributed by atoms with van der Waals surface area (Å²) >= 11 is 1.07. The highest BCUT2D eigenvalue weighted by Gasteiger charge is 2.25. The molecule has 7 nitrogen and oxygen atoms in total. The number of nitro groups is 1. The summed E-state index contributed by atoms with van der Waals surface area (Å²) in [6, 6.07) is 5.28. The second-order valence-electron chi connectivity index (χ2n) is 5.13. The van der Waals surface area contributed by atoms with Crippen molar-refractivity contribution in [3.63, 3.8) is 0 Å². The Kier molecular flexibility index (Phi) is 4.46. The average molecular weight is 333 g/mol. The molecule has 1 aromatic heterocycles. The summed E-state index contributed by atoms with van der Waals surface area (Å²) in [5.74, 6) is -0.578. The molecule has 0 aliphatic rings. The molecule has 0 aliphatic heterocycles. The number of nitrogens with zero attached hydrogens (tertiary/aromatic N) is 2. The third kappa shape index (κ3) is 3.07. The minimum Gasteiger partial charge on any atom is -0.390 e. The molecule has 1 amide bonds. The standard InChI is InChI=1S/C15H15N3O4S/c1-8-11(14(16)23-13(8)15(20)17(2)3)12(19)9-4-6-10(7-5-9)18(21)22/h4-7H,16H2,1-3H3. The first-order chi connectivity index (χ1) is 10.7. The molecule has 2 N–H and O–H groups in total. The maximum absolute atomic E-state index is 12.6. The molecule has 120 valence electrons. The lowest BCUT2D eigenvalue weighted by atomic mass is 10.0. The van der Waals surface area contributed by atoms with Crippen molar-refractivity contribution in [2.75, 3.05) is 19.8 Å². The van der Waals surface area contributed by atoms with E-state index in [9.17, 15) is 19.7 Å². The number of anilines is 1. The number of amides is 1. The van der Waals surface area contributed by atoms with Crippen LogP contribution in [0.3, 0.4) is 0 Å². The normalized spacial score (nSPS) is 10.4. The van der Waals surface area contributed by atoms with Crippen molar-refractivity contribution in [1.29, 1.82) is 0 Å². The molecule has 8 heteroatoms. The number of carbonyl (C=O) groups excluding carboxylic acids is 2. The highest BCUT2D eigenvalue weighted by atomic mass is 32.1. The largest absolute Gasteiger partial charge is 0.390 e. The van der Waals surface area contributed by atoms with Crippen molar-refractivity contribution in [1.82, 2.24) is 4.90 Å². The van der Waals surface area contributed by atoms with Gasteiger partial charge in [0.15, 0.2) is 5.78 Å². The molecule has 0 saturated carbocycles. The monoisotopic (exact) mass is 333 g/mol.